The first-order valence-corrected chi connectivity index (χ1v) is 6.34. The summed E-state index contributed by atoms with van der Waals surface area (Å²) in [6.45, 7) is 1.79. The van der Waals surface area contributed by atoms with E-state index in [1.807, 2.05) is 12.3 Å². The van der Waals surface area contributed by atoms with E-state index < -0.39 is 0 Å². The number of benzene rings is 1. The molecule has 0 amide bonds. The van der Waals surface area contributed by atoms with Gasteiger partial charge in [-0.15, -0.1) is 0 Å². The molecule has 0 saturated heterocycles. The van der Waals surface area contributed by atoms with Crippen molar-refractivity contribution >= 4 is 0 Å². The van der Waals surface area contributed by atoms with Gasteiger partial charge >= 0.3 is 0 Å². The highest BCUT2D eigenvalue weighted by Gasteiger charge is 2.21. The molecule has 1 aliphatic heterocycles. The van der Waals surface area contributed by atoms with Gasteiger partial charge < -0.3 is 15.6 Å². The zero-order chi connectivity index (χ0) is 13.0. The molecule has 0 fully saturated rings. The van der Waals surface area contributed by atoms with Crippen molar-refractivity contribution in [2.75, 3.05) is 27.2 Å². The fourth-order valence-corrected chi connectivity index (χ4v) is 2.17. The first-order valence-electron chi connectivity index (χ1n) is 6.34. The first-order chi connectivity index (χ1) is 8.66. The molecule has 1 aliphatic rings. The molecule has 18 heavy (non-hydrogen) atoms. The lowest BCUT2D eigenvalue weighted by Crippen LogP contribution is -2.34. The van der Waals surface area contributed by atoms with Crippen LogP contribution in [0.5, 0.6) is 0 Å². The number of nitrogens with zero attached hydrogens (tertiary/aromatic N) is 2. The second kappa shape index (κ2) is 5.89. The van der Waals surface area contributed by atoms with Crippen LogP contribution in [0.15, 0.2) is 42.2 Å². The standard InChI is InChI=1S/C14H22N4/c1-17(2)9-8-14(12-6-4-3-5-7-12)18-11-13(15)10-16-18/h3-7,11,14,16H,8-10,15H2,1-2H3. The van der Waals surface area contributed by atoms with E-state index in [0.717, 1.165) is 25.2 Å². The van der Waals surface area contributed by atoms with Crippen molar-refractivity contribution < 1.29 is 0 Å². The molecule has 1 heterocycles. The fourth-order valence-electron chi connectivity index (χ4n) is 2.17. The van der Waals surface area contributed by atoms with Crippen molar-refractivity contribution in [3.8, 4) is 0 Å². The SMILES string of the molecule is CN(C)CCC(c1ccccc1)N1C=C(N)CN1. The Morgan fingerprint density at radius 1 is 1.33 bits per heavy atom. The third-order valence-electron chi connectivity index (χ3n) is 3.14. The molecule has 0 saturated carbocycles. The largest absolute Gasteiger partial charge is 0.400 e. The fraction of sp³-hybridized carbons (Fsp3) is 0.429. The van der Waals surface area contributed by atoms with Gasteiger partial charge in [0.15, 0.2) is 0 Å². The first kappa shape index (κ1) is 12.9. The van der Waals surface area contributed by atoms with Crippen LogP contribution >= 0.6 is 0 Å². The molecule has 0 aromatic heterocycles. The molecule has 1 unspecified atom stereocenters. The summed E-state index contributed by atoms with van der Waals surface area (Å²) in [5.74, 6) is 0. The van der Waals surface area contributed by atoms with Crippen LogP contribution in [0, 0.1) is 0 Å². The van der Waals surface area contributed by atoms with Crippen molar-refractivity contribution in [3.63, 3.8) is 0 Å². The van der Waals surface area contributed by atoms with Crippen LogP contribution in [0.3, 0.4) is 0 Å². The molecule has 4 heteroatoms. The normalized spacial score (nSPS) is 17.1. The van der Waals surface area contributed by atoms with Crippen LogP contribution in [0.4, 0.5) is 0 Å². The maximum absolute atomic E-state index is 5.84. The summed E-state index contributed by atoms with van der Waals surface area (Å²) < 4.78 is 0. The molecule has 1 aromatic carbocycles. The third kappa shape index (κ3) is 3.24. The second-order valence-corrected chi connectivity index (χ2v) is 4.96. The Bertz CT molecular complexity index is 400. The maximum Gasteiger partial charge on any atom is 0.0710 e. The lowest BCUT2D eigenvalue weighted by Gasteiger charge is -2.29. The molecular formula is C14H22N4. The van der Waals surface area contributed by atoms with Gasteiger partial charge in [-0.05, 0) is 32.6 Å². The van der Waals surface area contributed by atoms with E-state index in [-0.39, 0.29) is 0 Å². The quantitative estimate of drug-likeness (QED) is 0.822. The topological polar surface area (TPSA) is 44.5 Å². The minimum absolute atomic E-state index is 0.328. The number of hydrogen-bond donors (Lipinski definition) is 2. The van der Waals surface area contributed by atoms with Crippen molar-refractivity contribution in [3.05, 3.63) is 47.8 Å². The predicted octanol–water partition coefficient (Wildman–Crippen LogP) is 1.30. The molecule has 2 rings (SSSR count). The summed E-state index contributed by atoms with van der Waals surface area (Å²) in [5, 5.41) is 2.13. The number of nitrogens with one attached hydrogen (secondary N) is 1. The van der Waals surface area contributed by atoms with Crippen LogP contribution in [0.1, 0.15) is 18.0 Å². The average Bonchev–Trinajstić information content (AvgIpc) is 2.77. The van der Waals surface area contributed by atoms with Crippen LogP contribution in [-0.4, -0.2) is 37.1 Å². The van der Waals surface area contributed by atoms with Gasteiger partial charge in [0.05, 0.1) is 12.6 Å². The van der Waals surface area contributed by atoms with Crippen molar-refractivity contribution in [1.82, 2.24) is 15.3 Å². The van der Waals surface area contributed by atoms with E-state index in [1.54, 1.807) is 0 Å². The third-order valence-corrected chi connectivity index (χ3v) is 3.14. The Morgan fingerprint density at radius 3 is 2.61 bits per heavy atom. The number of hydrazine groups is 1. The maximum atomic E-state index is 5.84. The van der Waals surface area contributed by atoms with E-state index in [9.17, 15) is 0 Å². The molecule has 0 spiro atoms. The van der Waals surface area contributed by atoms with Gasteiger partial charge in [0.1, 0.15) is 0 Å². The van der Waals surface area contributed by atoms with Crippen LogP contribution in [0.25, 0.3) is 0 Å². The summed E-state index contributed by atoms with van der Waals surface area (Å²) in [6, 6.07) is 10.9. The number of nitrogens with two attached hydrogens (primary N) is 1. The van der Waals surface area contributed by atoms with Crippen molar-refractivity contribution in [1.29, 1.82) is 0 Å². The van der Waals surface area contributed by atoms with E-state index >= 15 is 0 Å². The van der Waals surface area contributed by atoms with Gasteiger partial charge in [0.2, 0.25) is 0 Å². The molecule has 0 aliphatic carbocycles. The zero-order valence-electron chi connectivity index (χ0n) is 11.1. The Morgan fingerprint density at radius 2 is 2.06 bits per heavy atom. The highest BCUT2D eigenvalue weighted by atomic mass is 15.5. The van der Waals surface area contributed by atoms with Gasteiger partial charge in [-0.2, -0.15) is 0 Å². The summed E-state index contributed by atoms with van der Waals surface area (Å²) in [6.07, 6.45) is 3.07. The van der Waals surface area contributed by atoms with Gasteiger partial charge in [-0.25, -0.2) is 5.43 Å². The van der Waals surface area contributed by atoms with Crippen molar-refractivity contribution in [2.24, 2.45) is 5.73 Å². The van der Waals surface area contributed by atoms with Gasteiger partial charge in [0, 0.05) is 11.9 Å². The molecule has 4 nitrogen and oxygen atoms in total. The number of rotatable bonds is 5. The Labute approximate surface area is 109 Å². The van der Waals surface area contributed by atoms with Gasteiger partial charge in [-0.3, -0.25) is 0 Å². The molecule has 1 atom stereocenters. The monoisotopic (exact) mass is 246 g/mol. The zero-order valence-corrected chi connectivity index (χ0v) is 11.1. The molecule has 98 valence electrons. The van der Waals surface area contributed by atoms with Gasteiger partial charge in [-0.1, -0.05) is 30.3 Å². The molecule has 0 radical (unpaired) electrons. The molecule has 0 bridgehead atoms. The average molecular weight is 246 g/mol. The van der Waals surface area contributed by atoms with E-state index in [2.05, 4.69) is 53.7 Å². The summed E-state index contributed by atoms with van der Waals surface area (Å²) in [5.41, 5.74) is 11.4. The highest BCUT2D eigenvalue weighted by molar-refractivity contribution is 5.20. The smallest absolute Gasteiger partial charge is 0.0710 e. The molecule has 1 aromatic rings. The lowest BCUT2D eigenvalue weighted by molar-refractivity contribution is 0.197. The molecule has 3 N–H and O–H groups in total. The van der Waals surface area contributed by atoms with E-state index in [0.29, 0.717) is 6.04 Å². The minimum atomic E-state index is 0.328. The lowest BCUT2D eigenvalue weighted by atomic mass is 10.0. The predicted molar refractivity (Wildman–Crippen MR) is 74.5 cm³/mol. The van der Waals surface area contributed by atoms with Crippen LogP contribution in [-0.2, 0) is 0 Å². The van der Waals surface area contributed by atoms with E-state index in [4.69, 9.17) is 5.73 Å². The summed E-state index contributed by atoms with van der Waals surface area (Å²) in [4.78, 5) is 2.21. The second-order valence-electron chi connectivity index (χ2n) is 4.96. The summed E-state index contributed by atoms with van der Waals surface area (Å²) in [7, 11) is 4.20. The Hall–Kier alpha value is -1.52. The summed E-state index contributed by atoms with van der Waals surface area (Å²) >= 11 is 0. The Balaban J connectivity index is 2.13. The van der Waals surface area contributed by atoms with Gasteiger partial charge in [0.25, 0.3) is 0 Å². The van der Waals surface area contributed by atoms with Crippen LogP contribution < -0.4 is 11.2 Å². The minimum Gasteiger partial charge on any atom is -0.400 e. The number of hydrogen-bond acceptors (Lipinski definition) is 4. The van der Waals surface area contributed by atoms with E-state index in [1.165, 1.54) is 5.56 Å². The van der Waals surface area contributed by atoms with Crippen molar-refractivity contribution in [2.45, 2.75) is 12.5 Å². The Kier molecular flexibility index (Phi) is 4.23. The van der Waals surface area contributed by atoms with Crippen LogP contribution in [0.2, 0.25) is 0 Å². The highest BCUT2D eigenvalue weighted by Crippen LogP contribution is 2.25. The molecular weight excluding hydrogens is 224 g/mol.